The summed E-state index contributed by atoms with van der Waals surface area (Å²) in [7, 11) is -0.590. The fourth-order valence-electron chi connectivity index (χ4n) is 3.07. The number of hydrogen-bond acceptors (Lipinski definition) is 7. The van der Waals surface area contributed by atoms with Crippen LogP contribution in [0.2, 0.25) is 0 Å². The van der Waals surface area contributed by atoms with E-state index in [2.05, 4.69) is 9.97 Å². The molecule has 2 heterocycles. The van der Waals surface area contributed by atoms with Gasteiger partial charge in [0.1, 0.15) is 22.3 Å². The second-order valence-corrected chi connectivity index (χ2v) is 8.27. The number of methoxy groups -OCH3 is 2. The van der Waals surface area contributed by atoms with Gasteiger partial charge in [-0.1, -0.05) is 6.07 Å². The number of aryl methyl sites for hydroxylation is 2. The molecule has 0 N–H and O–H groups in total. The summed E-state index contributed by atoms with van der Waals surface area (Å²) in [4.78, 5) is 10.9. The zero-order valence-electron chi connectivity index (χ0n) is 16.0. The molecule has 0 bridgehead atoms. The van der Waals surface area contributed by atoms with Crippen LogP contribution in [-0.4, -0.2) is 63.1 Å². The van der Waals surface area contributed by atoms with E-state index < -0.39 is 10.0 Å². The van der Waals surface area contributed by atoms with Crippen molar-refractivity contribution in [2.24, 2.45) is 0 Å². The number of sulfonamides is 1. The van der Waals surface area contributed by atoms with Crippen LogP contribution in [0, 0.1) is 13.8 Å². The van der Waals surface area contributed by atoms with Crippen LogP contribution >= 0.6 is 0 Å². The highest BCUT2D eigenvalue weighted by atomic mass is 32.2. The van der Waals surface area contributed by atoms with Crippen molar-refractivity contribution in [1.82, 2.24) is 14.3 Å². The molecule has 1 fully saturated rings. The molecular formula is C18H24N4O4S. The van der Waals surface area contributed by atoms with Crippen molar-refractivity contribution in [3.8, 4) is 11.6 Å². The number of hydrogen-bond donors (Lipinski definition) is 0. The lowest BCUT2D eigenvalue weighted by atomic mass is 10.2. The number of benzene rings is 1. The Hall–Kier alpha value is -2.39. The Morgan fingerprint density at radius 3 is 2.30 bits per heavy atom. The summed E-state index contributed by atoms with van der Waals surface area (Å²) in [6.45, 7) is 5.47. The monoisotopic (exact) mass is 392 g/mol. The molecule has 2 aromatic rings. The molecular weight excluding hydrogens is 368 g/mol. The highest BCUT2D eigenvalue weighted by Crippen LogP contribution is 2.29. The first-order valence-electron chi connectivity index (χ1n) is 8.64. The average Bonchev–Trinajstić information content (AvgIpc) is 2.67. The van der Waals surface area contributed by atoms with E-state index in [9.17, 15) is 8.42 Å². The summed E-state index contributed by atoms with van der Waals surface area (Å²) in [6, 6.07) is 6.94. The fourth-order valence-corrected chi connectivity index (χ4v) is 4.74. The lowest BCUT2D eigenvalue weighted by molar-refractivity contribution is 0.372. The van der Waals surface area contributed by atoms with Gasteiger partial charge in [-0.3, -0.25) is 0 Å². The topological polar surface area (TPSA) is 84.9 Å². The highest BCUT2D eigenvalue weighted by Gasteiger charge is 2.31. The van der Waals surface area contributed by atoms with Gasteiger partial charge in [0.25, 0.3) is 0 Å². The predicted molar refractivity (Wildman–Crippen MR) is 102 cm³/mol. The SMILES string of the molecule is COc1cc(N2CCN(S(=O)(=O)c3cc(C)ccc3OC)CC2)nc(C)n1. The van der Waals surface area contributed by atoms with Crippen LogP contribution in [0.3, 0.4) is 0 Å². The van der Waals surface area contributed by atoms with Gasteiger partial charge in [-0.2, -0.15) is 9.29 Å². The lowest BCUT2D eigenvalue weighted by Crippen LogP contribution is -2.49. The molecule has 0 spiro atoms. The van der Waals surface area contributed by atoms with Gasteiger partial charge in [-0.25, -0.2) is 13.4 Å². The summed E-state index contributed by atoms with van der Waals surface area (Å²) in [5, 5.41) is 0. The molecule has 0 amide bonds. The number of nitrogens with zero attached hydrogens (tertiary/aromatic N) is 4. The molecule has 1 aromatic carbocycles. The zero-order chi connectivity index (χ0) is 19.6. The minimum Gasteiger partial charge on any atom is -0.495 e. The number of piperazine rings is 1. The molecule has 9 heteroatoms. The van der Waals surface area contributed by atoms with Gasteiger partial charge in [0.15, 0.2) is 0 Å². The number of rotatable bonds is 5. The van der Waals surface area contributed by atoms with Gasteiger partial charge in [0.2, 0.25) is 15.9 Å². The van der Waals surface area contributed by atoms with Gasteiger partial charge >= 0.3 is 0 Å². The van der Waals surface area contributed by atoms with Crippen LogP contribution < -0.4 is 14.4 Å². The van der Waals surface area contributed by atoms with Crippen molar-refractivity contribution < 1.29 is 17.9 Å². The predicted octanol–water partition coefficient (Wildman–Crippen LogP) is 1.62. The summed E-state index contributed by atoms with van der Waals surface area (Å²) in [6.07, 6.45) is 0. The molecule has 0 saturated carbocycles. The molecule has 8 nitrogen and oxygen atoms in total. The zero-order valence-corrected chi connectivity index (χ0v) is 16.8. The van der Waals surface area contributed by atoms with E-state index in [4.69, 9.17) is 9.47 Å². The number of aromatic nitrogens is 2. The summed E-state index contributed by atoms with van der Waals surface area (Å²) in [5.41, 5.74) is 0.872. The summed E-state index contributed by atoms with van der Waals surface area (Å²) in [5.74, 6) is 2.21. The second kappa shape index (κ2) is 7.69. The molecule has 0 radical (unpaired) electrons. The van der Waals surface area contributed by atoms with E-state index in [1.807, 2.05) is 17.9 Å². The highest BCUT2D eigenvalue weighted by molar-refractivity contribution is 7.89. The van der Waals surface area contributed by atoms with Crippen LogP contribution in [0.1, 0.15) is 11.4 Å². The van der Waals surface area contributed by atoms with Gasteiger partial charge in [-0.15, -0.1) is 0 Å². The summed E-state index contributed by atoms with van der Waals surface area (Å²) < 4.78 is 38.1. The van der Waals surface area contributed by atoms with Gasteiger partial charge in [0, 0.05) is 32.2 Å². The molecule has 3 rings (SSSR count). The molecule has 1 aliphatic rings. The normalized spacial score (nSPS) is 15.6. The van der Waals surface area contributed by atoms with Crippen LogP contribution in [0.5, 0.6) is 11.6 Å². The van der Waals surface area contributed by atoms with Gasteiger partial charge in [-0.05, 0) is 31.5 Å². The van der Waals surface area contributed by atoms with E-state index in [0.717, 1.165) is 11.4 Å². The third-order valence-corrected chi connectivity index (χ3v) is 6.43. The third-order valence-electron chi connectivity index (χ3n) is 4.51. The maximum atomic E-state index is 13.1. The van der Waals surface area contributed by atoms with Crippen LogP contribution in [-0.2, 0) is 10.0 Å². The molecule has 0 aliphatic carbocycles. The lowest BCUT2D eigenvalue weighted by Gasteiger charge is -2.35. The first-order valence-corrected chi connectivity index (χ1v) is 10.1. The van der Waals surface area contributed by atoms with Crippen molar-refractivity contribution in [1.29, 1.82) is 0 Å². The first kappa shape index (κ1) is 19.4. The van der Waals surface area contributed by atoms with E-state index in [0.29, 0.717) is 43.6 Å². The van der Waals surface area contributed by atoms with Crippen molar-refractivity contribution in [2.75, 3.05) is 45.3 Å². The second-order valence-electron chi connectivity index (χ2n) is 6.36. The molecule has 146 valence electrons. The Kier molecular flexibility index (Phi) is 5.52. The van der Waals surface area contributed by atoms with Gasteiger partial charge < -0.3 is 14.4 Å². The van der Waals surface area contributed by atoms with E-state index in [1.54, 1.807) is 32.2 Å². The summed E-state index contributed by atoms with van der Waals surface area (Å²) >= 11 is 0. The fraction of sp³-hybridized carbons (Fsp3) is 0.444. The molecule has 27 heavy (non-hydrogen) atoms. The Morgan fingerprint density at radius 2 is 1.67 bits per heavy atom. The molecule has 0 atom stereocenters. The van der Waals surface area contributed by atoms with Crippen molar-refractivity contribution >= 4 is 15.8 Å². The maximum absolute atomic E-state index is 13.1. The minimum atomic E-state index is -3.63. The van der Waals surface area contributed by atoms with Crippen molar-refractivity contribution in [3.63, 3.8) is 0 Å². The van der Waals surface area contributed by atoms with Crippen LogP contribution in [0.4, 0.5) is 5.82 Å². The Bertz CT molecular complexity index is 925. The minimum absolute atomic E-state index is 0.206. The third kappa shape index (κ3) is 3.98. The standard InChI is InChI=1S/C18H24N4O4S/c1-13-5-6-15(25-3)16(11-13)27(23,24)22-9-7-21(8-10-22)17-12-18(26-4)20-14(2)19-17/h5-6,11-12H,7-10H2,1-4H3. The number of ether oxygens (including phenoxy) is 2. The smallest absolute Gasteiger partial charge is 0.246 e. The van der Waals surface area contributed by atoms with E-state index in [-0.39, 0.29) is 4.90 Å². The largest absolute Gasteiger partial charge is 0.495 e. The van der Waals surface area contributed by atoms with Crippen molar-refractivity contribution in [2.45, 2.75) is 18.7 Å². The molecule has 1 saturated heterocycles. The molecule has 1 aromatic heterocycles. The molecule has 0 unspecified atom stereocenters. The van der Waals surface area contributed by atoms with E-state index >= 15 is 0 Å². The average molecular weight is 392 g/mol. The quantitative estimate of drug-likeness (QED) is 0.764. The first-order chi connectivity index (χ1) is 12.8. The Balaban J connectivity index is 1.79. The van der Waals surface area contributed by atoms with Crippen molar-refractivity contribution in [3.05, 3.63) is 35.7 Å². The van der Waals surface area contributed by atoms with Crippen LogP contribution in [0.15, 0.2) is 29.2 Å². The van der Waals surface area contributed by atoms with Gasteiger partial charge in [0.05, 0.1) is 14.2 Å². The molecule has 1 aliphatic heterocycles. The maximum Gasteiger partial charge on any atom is 0.246 e. The Morgan fingerprint density at radius 1 is 0.963 bits per heavy atom. The number of anilines is 1. The van der Waals surface area contributed by atoms with Crippen LogP contribution in [0.25, 0.3) is 0 Å². The van der Waals surface area contributed by atoms with E-state index in [1.165, 1.54) is 11.4 Å². The Labute approximate surface area is 159 Å².